The highest BCUT2D eigenvalue weighted by atomic mass is 32.2. The first-order valence-electron chi connectivity index (χ1n) is 11.1. The number of benzene rings is 2. The van der Waals surface area contributed by atoms with Crippen LogP contribution < -0.4 is 4.74 Å². The van der Waals surface area contributed by atoms with Gasteiger partial charge >= 0.3 is 0 Å². The van der Waals surface area contributed by atoms with Crippen LogP contribution in [0.1, 0.15) is 53.5 Å². The van der Waals surface area contributed by atoms with E-state index in [9.17, 15) is 4.79 Å². The maximum atomic E-state index is 11.8. The summed E-state index contributed by atoms with van der Waals surface area (Å²) in [4.78, 5) is 14.3. The van der Waals surface area contributed by atoms with E-state index in [0.717, 1.165) is 48.5 Å². The number of aromatic nitrogens is 3. The largest absolute Gasteiger partial charge is 0.496 e. The predicted molar refractivity (Wildman–Crippen MR) is 127 cm³/mol. The van der Waals surface area contributed by atoms with Gasteiger partial charge in [-0.25, -0.2) is 0 Å². The molecule has 1 aliphatic rings. The van der Waals surface area contributed by atoms with Crippen molar-refractivity contribution in [3.8, 4) is 5.75 Å². The number of ether oxygens (including phenoxy) is 1. The van der Waals surface area contributed by atoms with Crippen LogP contribution in [0.4, 0.5) is 0 Å². The molecule has 32 heavy (non-hydrogen) atoms. The summed E-state index contributed by atoms with van der Waals surface area (Å²) in [6.45, 7) is 5.39. The van der Waals surface area contributed by atoms with Crippen LogP contribution in [0.3, 0.4) is 0 Å². The molecule has 0 aliphatic carbocycles. The van der Waals surface area contributed by atoms with Gasteiger partial charge in [0.2, 0.25) is 0 Å². The summed E-state index contributed by atoms with van der Waals surface area (Å²) in [6.07, 6.45) is 3.82. The molecule has 4 rings (SSSR count). The lowest BCUT2D eigenvalue weighted by Gasteiger charge is -2.26. The third-order valence-electron chi connectivity index (χ3n) is 5.83. The molecular weight excluding hydrogens is 420 g/mol. The van der Waals surface area contributed by atoms with Gasteiger partial charge in [0.15, 0.2) is 10.9 Å². The Morgan fingerprint density at radius 1 is 1.03 bits per heavy atom. The standard InChI is InChI=1S/C25H30N4O2S/c1-19(30)21-11-12-23(31-2)22(15-21)18-32-25-27-26-24(17-28-13-7-4-8-14-28)29(25)16-20-9-5-3-6-10-20/h3,5-6,9-12,15H,4,7-8,13-14,16-18H2,1-2H3. The average Bonchev–Trinajstić information content (AvgIpc) is 3.19. The van der Waals surface area contributed by atoms with Gasteiger partial charge in [-0.05, 0) is 56.6 Å². The molecule has 0 radical (unpaired) electrons. The summed E-state index contributed by atoms with van der Waals surface area (Å²) in [7, 11) is 1.66. The smallest absolute Gasteiger partial charge is 0.191 e. The first-order valence-corrected chi connectivity index (χ1v) is 12.1. The molecule has 0 N–H and O–H groups in total. The first kappa shape index (κ1) is 22.6. The summed E-state index contributed by atoms with van der Waals surface area (Å²) in [5.41, 5.74) is 2.90. The number of piperidine rings is 1. The molecule has 1 fully saturated rings. The molecule has 0 amide bonds. The molecule has 168 valence electrons. The molecule has 3 aromatic rings. The number of rotatable bonds is 9. The van der Waals surface area contributed by atoms with Gasteiger partial charge in [0, 0.05) is 16.9 Å². The predicted octanol–water partition coefficient (Wildman–Crippen LogP) is 4.82. The van der Waals surface area contributed by atoms with Crippen LogP contribution in [0.5, 0.6) is 5.75 Å². The molecule has 0 unspecified atom stereocenters. The molecule has 1 aliphatic heterocycles. The Bertz CT molecular complexity index is 1050. The minimum absolute atomic E-state index is 0.0509. The summed E-state index contributed by atoms with van der Waals surface area (Å²) < 4.78 is 7.76. The lowest BCUT2D eigenvalue weighted by Crippen LogP contribution is -2.30. The van der Waals surface area contributed by atoms with Gasteiger partial charge in [-0.15, -0.1) is 10.2 Å². The molecule has 1 saturated heterocycles. The van der Waals surface area contributed by atoms with E-state index in [1.54, 1.807) is 25.8 Å². The number of hydrogen-bond acceptors (Lipinski definition) is 6. The van der Waals surface area contributed by atoms with Crippen LogP contribution in [-0.2, 0) is 18.8 Å². The normalized spacial score (nSPS) is 14.4. The molecule has 2 aromatic carbocycles. The van der Waals surface area contributed by atoms with Gasteiger partial charge in [-0.1, -0.05) is 48.5 Å². The van der Waals surface area contributed by atoms with Gasteiger partial charge in [0.25, 0.3) is 0 Å². The zero-order valence-electron chi connectivity index (χ0n) is 18.8. The van der Waals surface area contributed by atoms with Crippen LogP contribution >= 0.6 is 11.8 Å². The van der Waals surface area contributed by atoms with Crippen molar-refractivity contribution in [1.29, 1.82) is 0 Å². The third-order valence-corrected chi connectivity index (χ3v) is 6.85. The van der Waals surface area contributed by atoms with Crippen molar-refractivity contribution >= 4 is 17.5 Å². The number of nitrogens with zero attached hydrogens (tertiary/aromatic N) is 4. The number of methoxy groups -OCH3 is 1. The number of carbonyl (C=O) groups is 1. The van der Waals surface area contributed by atoms with Gasteiger partial charge in [-0.2, -0.15) is 0 Å². The van der Waals surface area contributed by atoms with Crippen molar-refractivity contribution in [2.24, 2.45) is 0 Å². The SMILES string of the molecule is COc1ccc(C(C)=O)cc1CSc1nnc(CN2CCCCC2)n1Cc1ccccc1. The first-order chi connectivity index (χ1) is 15.6. The van der Waals surface area contributed by atoms with E-state index >= 15 is 0 Å². The highest BCUT2D eigenvalue weighted by Gasteiger charge is 2.19. The highest BCUT2D eigenvalue weighted by molar-refractivity contribution is 7.98. The van der Waals surface area contributed by atoms with Crippen molar-refractivity contribution in [1.82, 2.24) is 19.7 Å². The Balaban J connectivity index is 1.57. The number of carbonyl (C=O) groups excluding carboxylic acids is 1. The van der Waals surface area contributed by atoms with Crippen molar-refractivity contribution in [2.75, 3.05) is 20.2 Å². The zero-order valence-corrected chi connectivity index (χ0v) is 19.6. The summed E-state index contributed by atoms with van der Waals surface area (Å²) in [6, 6.07) is 16.0. The molecule has 0 saturated carbocycles. The minimum atomic E-state index is 0.0509. The third kappa shape index (κ3) is 5.58. The number of ketones is 1. The number of thioether (sulfide) groups is 1. The fourth-order valence-electron chi connectivity index (χ4n) is 4.04. The summed E-state index contributed by atoms with van der Waals surface area (Å²) in [5, 5.41) is 10.0. The molecular formula is C25H30N4O2S. The Morgan fingerprint density at radius 2 is 1.81 bits per heavy atom. The van der Waals surface area contributed by atoms with Crippen molar-refractivity contribution in [2.45, 2.75) is 50.2 Å². The maximum Gasteiger partial charge on any atom is 0.191 e. The molecule has 0 spiro atoms. The Morgan fingerprint density at radius 3 is 2.53 bits per heavy atom. The molecule has 1 aromatic heterocycles. The molecule has 2 heterocycles. The van der Waals surface area contributed by atoms with E-state index in [1.807, 2.05) is 24.3 Å². The Kier molecular flexibility index (Phi) is 7.60. The summed E-state index contributed by atoms with van der Waals surface area (Å²) in [5.74, 6) is 2.49. The lowest BCUT2D eigenvalue weighted by molar-refractivity contribution is 0.101. The highest BCUT2D eigenvalue weighted by Crippen LogP contribution is 2.29. The summed E-state index contributed by atoms with van der Waals surface area (Å²) >= 11 is 1.63. The van der Waals surface area contributed by atoms with Gasteiger partial charge in [0.1, 0.15) is 11.6 Å². The maximum absolute atomic E-state index is 11.8. The fourth-order valence-corrected chi connectivity index (χ4v) is 4.97. The van der Waals surface area contributed by atoms with Crippen molar-refractivity contribution in [3.63, 3.8) is 0 Å². The second kappa shape index (κ2) is 10.8. The quantitative estimate of drug-likeness (QED) is 0.344. The van der Waals surface area contributed by atoms with Crippen molar-refractivity contribution < 1.29 is 9.53 Å². The second-order valence-electron chi connectivity index (χ2n) is 8.18. The zero-order chi connectivity index (χ0) is 22.3. The molecule has 7 heteroatoms. The van der Waals surface area contributed by atoms with Crippen LogP contribution in [0.25, 0.3) is 0 Å². The Hall–Kier alpha value is -2.64. The van der Waals surface area contributed by atoms with E-state index in [0.29, 0.717) is 11.3 Å². The van der Waals surface area contributed by atoms with Crippen LogP contribution in [0.2, 0.25) is 0 Å². The number of Topliss-reactive ketones (excluding diaryl/α,β-unsaturated/α-hetero) is 1. The monoisotopic (exact) mass is 450 g/mol. The molecule has 0 bridgehead atoms. The van der Waals surface area contributed by atoms with Gasteiger partial charge in [0.05, 0.1) is 20.2 Å². The minimum Gasteiger partial charge on any atom is -0.496 e. The van der Waals surface area contributed by atoms with Gasteiger partial charge in [-0.3, -0.25) is 9.69 Å². The topological polar surface area (TPSA) is 60.2 Å². The van der Waals surface area contributed by atoms with Crippen molar-refractivity contribution in [3.05, 3.63) is 71.0 Å². The van der Waals surface area contributed by atoms with Crippen LogP contribution in [-0.4, -0.2) is 45.6 Å². The number of hydrogen-bond donors (Lipinski definition) is 0. The van der Waals surface area contributed by atoms with E-state index < -0.39 is 0 Å². The van der Waals surface area contributed by atoms with Crippen LogP contribution in [0.15, 0.2) is 53.7 Å². The van der Waals surface area contributed by atoms with E-state index in [4.69, 9.17) is 4.74 Å². The number of likely N-dealkylation sites (tertiary alicyclic amines) is 1. The fraction of sp³-hybridized carbons (Fsp3) is 0.400. The van der Waals surface area contributed by atoms with E-state index in [-0.39, 0.29) is 5.78 Å². The molecule has 0 atom stereocenters. The molecule has 6 nitrogen and oxygen atoms in total. The van der Waals surface area contributed by atoms with Crippen LogP contribution in [0, 0.1) is 0 Å². The lowest BCUT2D eigenvalue weighted by atomic mass is 10.1. The van der Waals surface area contributed by atoms with E-state index in [2.05, 4.69) is 43.9 Å². The second-order valence-corrected chi connectivity index (χ2v) is 9.12. The van der Waals surface area contributed by atoms with Gasteiger partial charge < -0.3 is 9.30 Å². The van der Waals surface area contributed by atoms with E-state index in [1.165, 1.54) is 24.8 Å². The Labute approximate surface area is 194 Å². The average molecular weight is 451 g/mol.